The zero-order valence-electron chi connectivity index (χ0n) is 12.0. The molecule has 1 aliphatic carbocycles. The molecule has 1 saturated heterocycles. The fourth-order valence-corrected chi connectivity index (χ4v) is 4.08. The molecule has 0 aromatic heterocycles. The molecule has 22 heavy (non-hydrogen) atoms. The van der Waals surface area contributed by atoms with Gasteiger partial charge in [-0.05, 0) is 30.4 Å². The van der Waals surface area contributed by atoms with E-state index in [1.165, 1.54) is 18.2 Å². The third-order valence-electron chi connectivity index (χ3n) is 5.00. The van der Waals surface area contributed by atoms with Gasteiger partial charge < -0.3 is 5.11 Å². The van der Waals surface area contributed by atoms with Crippen molar-refractivity contribution in [1.82, 2.24) is 4.90 Å². The number of fused-ring (bicyclic) bond motifs is 1. The quantitative estimate of drug-likeness (QED) is 0.680. The topological polar surface area (TPSA) is 83.7 Å². The fraction of sp³-hybridized carbons (Fsp3) is 0.533. The zero-order chi connectivity index (χ0) is 15.9. The monoisotopic (exact) mass is 324 g/mol. The van der Waals surface area contributed by atoms with Gasteiger partial charge >= 0.3 is 5.97 Å². The summed E-state index contributed by atoms with van der Waals surface area (Å²) < 4.78 is 0. The lowest BCUT2D eigenvalue weighted by Gasteiger charge is -2.23. The summed E-state index contributed by atoms with van der Waals surface area (Å²) in [5.74, 6) is -0.551. The molecule has 118 valence electrons. The Morgan fingerprint density at radius 1 is 1.55 bits per heavy atom. The number of hydrogen-bond acceptors (Lipinski definition) is 4. The van der Waals surface area contributed by atoms with Crippen molar-refractivity contribution in [2.24, 2.45) is 11.3 Å². The van der Waals surface area contributed by atoms with Gasteiger partial charge in [-0.25, -0.2) is 0 Å². The molecule has 0 bridgehead atoms. The predicted molar refractivity (Wildman–Crippen MR) is 80.8 cm³/mol. The second kappa shape index (κ2) is 5.52. The van der Waals surface area contributed by atoms with Crippen molar-refractivity contribution >= 4 is 23.3 Å². The minimum atomic E-state index is -0.720. The van der Waals surface area contributed by atoms with Gasteiger partial charge in [0.2, 0.25) is 0 Å². The maximum atomic E-state index is 11.7. The molecule has 0 unspecified atom stereocenters. The molecule has 7 heteroatoms. The Bertz CT molecular complexity index is 636. The van der Waals surface area contributed by atoms with Gasteiger partial charge in [-0.1, -0.05) is 18.0 Å². The number of non-ortho nitro benzene ring substituents is 1. The minimum absolute atomic E-state index is 0.00624. The number of nitro benzene ring substituents is 1. The first-order valence-corrected chi connectivity index (χ1v) is 7.69. The Hall–Kier alpha value is -1.66. The van der Waals surface area contributed by atoms with Crippen LogP contribution in [0.4, 0.5) is 5.69 Å². The average molecular weight is 325 g/mol. The summed E-state index contributed by atoms with van der Waals surface area (Å²) in [5, 5.41) is 20.9. The molecule has 1 N–H and O–H groups in total. The van der Waals surface area contributed by atoms with Crippen molar-refractivity contribution in [3.63, 3.8) is 0 Å². The largest absolute Gasteiger partial charge is 0.481 e. The molecular formula is C15H17ClN2O4. The van der Waals surface area contributed by atoms with Crippen LogP contribution in [0.25, 0.3) is 0 Å². The van der Waals surface area contributed by atoms with E-state index in [9.17, 15) is 20.0 Å². The van der Waals surface area contributed by atoms with Crippen LogP contribution in [0.3, 0.4) is 0 Å². The summed E-state index contributed by atoms with van der Waals surface area (Å²) in [6.45, 7) is 1.66. The molecule has 1 aliphatic heterocycles. The molecule has 2 fully saturated rings. The van der Waals surface area contributed by atoms with Crippen LogP contribution < -0.4 is 0 Å². The molecular weight excluding hydrogens is 308 g/mol. The highest BCUT2D eigenvalue weighted by Gasteiger charge is 2.54. The molecule has 2 aliphatic rings. The van der Waals surface area contributed by atoms with Crippen LogP contribution in [0.15, 0.2) is 18.2 Å². The number of carbonyl (C=O) groups is 1. The number of carboxylic acid groups (broad SMARTS) is 1. The van der Waals surface area contributed by atoms with Crippen LogP contribution in [0.2, 0.25) is 5.02 Å². The number of likely N-dealkylation sites (tertiary alicyclic amines) is 1. The Balaban J connectivity index is 1.79. The van der Waals surface area contributed by atoms with Gasteiger partial charge in [0.1, 0.15) is 0 Å². The molecule has 0 radical (unpaired) electrons. The van der Waals surface area contributed by atoms with Gasteiger partial charge in [-0.2, -0.15) is 0 Å². The lowest BCUT2D eigenvalue weighted by molar-refractivity contribution is -0.384. The van der Waals surface area contributed by atoms with E-state index in [1.54, 1.807) is 0 Å². The highest BCUT2D eigenvalue weighted by atomic mass is 35.5. The molecule has 1 aromatic rings. The summed E-state index contributed by atoms with van der Waals surface area (Å²) in [6, 6.07) is 4.38. The molecule has 1 heterocycles. The maximum Gasteiger partial charge on any atom is 0.311 e. The number of benzene rings is 1. The lowest BCUT2D eigenvalue weighted by Crippen LogP contribution is -2.35. The van der Waals surface area contributed by atoms with Crippen LogP contribution in [-0.4, -0.2) is 34.0 Å². The zero-order valence-corrected chi connectivity index (χ0v) is 12.8. The van der Waals surface area contributed by atoms with Crippen LogP contribution in [-0.2, 0) is 11.3 Å². The number of aliphatic carboxylic acids is 1. The normalized spacial score (nSPS) is 27.8. The number of hydrogen-bond donors (Lipinski definition) is 1. The van der Waals surface area contributed by atoms with Crippen molar-refractivity contribution in [3.05, 3.63) is 38.9 Å². The van der Waals surface area contributed by atoms with E-state index in [4.69, 9.17) is 11.6 Å². The number of halogens is 1. The Morgan fingerprint density at radius 2 is 2.32 bits per heavy atom. The Kier molecular flexibility index (Phi) is 3.82. The average Bonchev–Trinajstić information content (AvgIpc) is 2.98. The van der Waals surface area contributed by atoms with Crippen LogP contribution in [0.5, 0.6) is 0 Å². The summed E-state index contributed by atoms with van der Waals surface area (Å²) in [6.07, 6.45) is 2.61. The van der Waals surface area contributed by atoms with Gasteiger partial charge in [0, 0.05) is 36.8 Å². The summed E-state index contributed by atoms with van der Waals surface area (Å²) in [7, 11) is 0. The molecule has 1 aromatic carbocycles. The van der Waals surface area contributed by atoms with Crippen LogP contribution in [0.1, 0.15) is 24.8 Å². The SMILES string of the molecule is O=C(O)[C@@]12CCC[C@H]1CN(Cc1cc([N+](=O)[O-])ccc1Cl)C2. The van der Waals surface area contributed by atoms with E-state index in [2.05, 4.69) is 4.90 Å². The van der Waals surface area contributed by atoms with E-state index in [0.29, 0.717) is 36.6 Å². The smallest absolute Gasteiger partial charge is 0.311 e. The number of rotatable bonds is 4. The molecule has 2 atom stereocenters. The lowest BCUT2D eigenvalue weighted by atomic mass is 9.81. The summed E-state index contributed by atoms with van der Waals surface area (Å²) >= 11 is 6.13. The van der Waals surface area contributed by atoms with E-state index in [1.807, 2.05) is 0 Å². The van der Waals surface area contributed by atoms with Gasteiger partial charge in [0.05, 0.1) is 10.3 Å². The third-order valence-corrected chi connectivity index (χ3v) is 5.37. The van der Waals surface area contributed by atoms with Crippen molar-refractivity contribution < 1.29 is 14.8 Å². The summed E-state index contributed by atoms with van der Waals surface area (Å²) in [4.78, 5) is 24.2. The van der Waals surface area contributed by atoms with Gasteiger partial charge in [0.15, 0.2) is 0 Å². The molecule has 6 nitrogen and oxygen atoms in total. The number of nitro groups is 1. The first-order valence-electron chi connectivity index (χ1n) is 7.31. The van der Waals surface area contributed by atoms with Crippen molar-refractivity contribution in [3.8, 4) is 0 Å². The second-order valence-corrected chi connectivity index (χ2v) is 6.66. The molecule has 3 rings (SSSR count). The Labute approximate surface area is 132 Å². The standard InChI is InChI=1S/C15H17ClN2O4/c16-13-4-3-12(18(21)22)6-10(13)7-17-8-11-2-1-5-15(11,9-17)14(19)20/h3-4,6,11H,1-2,5,7-9H2,(H,19,20)/t11-,15+/m0/s1. The minimum Gasteiger partial charge on any atom is -0.481 e. The molecule has 1 saturated carbocycles. The second-order valence-electron chi connectivity index (χ2n) is 6.25. The number of nitrogens with zero attached hydrogens (tertiary/aromatic N) is 2. The van der Waals surface area contributed by atoms with Crippen LogP contribution >= 0.6 is 11.6 Å². The van der Waals surface area contributed by atoms with E-state index in [-0.39, 0.29) is 11.6 Å². The van der Waals surface area contributed by atoms with Gasteiger partial charge in [-0.3, -0.25) is 19.8 Å². The van der Waals surface area contributed by atoms with E-state index >= 15 is 0 Å². The van der Waals surface area contributed by atoms with Crippen molar-refractivity contribution in [2.45, 2.75) is 25.8 Å². The highest BCUT2D eigenvalue weighted by Crippen LogP contribution is 2.49. The first-order chi connectivity index (χ1) is 10.4. The van der Waals surface area contributed by atoms with Crippen molar-refractivity contribution in [1.29, 1.82) is 0 Å². The molecule has 0 spiro atoms. The first kappa shape index (κ1) is 15.2. The van der Waals surface area contributed by atoms with Gasteiger partial charge in [-0.15, -0.1) is 0 Å². The highest BCUT2D eigenvalue weighted by molar-refractivity contribution is 6.31. The summed E-state index contributed by atoms with van der Waals surface area (Å²) in [5.41, 5.74) is 0.0378. The van der Waals surface area contributed by atoms with E-state index in [0.717, 1.165) is 12.8 Å². The van der Waals surface area contributed by atoms with Gasteiger partial charge in [0.25, 0.3) is 5.69 Å². The van der Waals surface area contributed by atoms with Crippen LogP contribution in [0, 0.1) is 21.4 Å². The van der Waals surface area contributed by atoms with E-state index < -0.39 is 16.3 Å². The maximum absolute atomic E-state index is 11.7. The fourth-order valence-electron chi connectivity index (χ4n) is 3.90. The Morgan fingerprint density at radius 3 is 2.95 bits per heavy atom. The van der Waals surface area contributed by atoms with Crippen molar-refractivity contribution in [2.75, 3.05) is 13.1 Å². The number of carboxylic acids is 1. The third kappa shape index (κ3) is 2.46. The predicted octanol–water partition coefficient (Wildman–Crippen LogP) is 2.93. The molecule has 0 amide bonds.